The van der Waals surface area contributed by atoms with E-state index >= 15 is 0 Å². The summed E-state index contributed by atoms with van der Waals surface area (Å²) in [5.74, 6) is 0. The molecule has 0 atom stereocenters. The lowest BCUT2D eigenvalue weighted by atomic mass is 10.0. The van der Waals surface area contributed by atoms with Crippen LogP contribution in [0.5, 0.6) is 0 Å². The van der Waals surface area contributed by atoms with Crippen LogP contribution in [0.1, 0.15) is 17.5 Å². The smallest absolute Gasteiger partial charge is 0.0931 e. The zero-order valence-corrected chi connectivity index (χ0v) is 10.3. The molecule has 0 radical (unpaired) electrons. The summed E-state index contributed by atoms with van der Waals surface area (Å²) in [6, 6.07) is 17.1. The van der Waals surface area contributed by atoms with E-state index in [1.54, 1.807) is 6.33 Å². The number of hydrogen-bond donors (Lipinski definition) is 1. The Morgan fingerprint density at radius 2 is 1.72 bits per heavy atom. The Kier molecular flexibility index (Phi) is 3.09. The normalized spacial score (nSPS) is 10.9. The van der Waals surface area contributed by atoms with Gasteiger partial charge in [0.05, 0.1) is 17.4 Å². The summed E-state index contributed by atoms with van der Waals surface area (Å²) < 4.78 is 0. The molecule has 0 amide bonds. The predicted octanol–water partition coefficient (Wildman–Crippen LogP) is 3.74. The number of H-pyrrole nitrogens is 1. The highest BCUT2D eigenvalue weighted by Crippen LogP contribution is 2.14. The lowest BCUT2D eigenvalue weighted by Crippen LogP contribution is -1.90. The minimum atomic E-state index is 1.04. The Labute approximate surface area is 107 Å². The number of rotatable bonds is 4. The fourth-order valence-electron chi connectivity index (χ4n) is 2.28. The molecule has 2 aromatic carbocycles. The molecule has 2 heteroatoms. The lowest BCUT2D eigenvalue weighted by molar-refractivity contribution is 0.821. The van der Waals surface area contributed by atoms with E-state index in [0.717, 1.165) is 23.9 Å². The maximum absolute atomic E-state index is 4.23. The number of nitrogens with zero attached hydrogens (tertiary/aromatic N) is 1. The number of aromatic amines is 1. The van der Waals surface area contributed by atoms with Crippen LogP contribution in [0.3, 0.4) is 0 Å². The van der Waals surface area contributed by atoms with Gasteiger partial charge in [0.2, 0.25) is 0 Å². The van der Waals surface area contributed by atoms with Crippen molar-refractivity contribution in [1.82, 2.24) is 9.97 Å². The molecule has 1 aromatic heterocycles. The van der Waals surface area contributed by atoms with E-state index in [2.05, 4.69) is 58.5 Å². The van der Waals surface area contributed by atoms with Crippen LogP contribution in [0, 0.1) is 0 Å². The quantitative estimate of drug-likeness (QED) is 0.734. The molecular weight excluding hydrogens is 220 g/mol. The summed E-state index contributed by atoms with van der Waals surface area (Å²) in [6.07, 6.45) is 5.19. The highest BCUT2D eigenvalue weighted by molar-refractivity contribution is 5.74. The zero-order chi connectivity index (χ0) is 12.2. The van der Waals surface area contributed by atoms with Gasteiger partial charge in [-0.2, -0.15) is 0 Å². The second-order valence-electron chi connectivity index (χ2n) is 4.59. The van der Waals surface area contributed by atoms with E-state index in [0.29, 0.717) is 0 Å². The van der Waals surface area contributed by atoms with Gasteiger partial charge in [-0.1, -0.05) is 36.4 Å². The Morgan fingerprint density at radius 1 is 0.889 bits per heavy atom. The molecular formula is C16H16N2. The molecule has 0 fully saturated rings. The molecule has 0 unspecified atom stereocenters. The van der Waals surface area contributed by atoms with E-state index in [1.807, 2.05) is 0 Å². The van der Waals surface area contributed by atoms with Gasteiger partial charge in [0.15, 0.2) is 0 Å². The van der Waals surface area contributed by atoms with Gasteiger partial charge in [0.1, 0.15) is 0 Å². The number of aryl methyl sites for hydroxylation is 2. The van der Waals surface area contributed by atoms with Crippen LogP contribution in [0.15, 0.2) is 54.9 Å². The standard InChI is InChI=1S/C16H16N2/c1-2-5-13(6-3-1)7-4-8-14-9-10-15-16(11-14)18-12-17-15/h1-3,5-6,9-12H,4,7-8H2,(H,17,18). The summed E-state index contributed by atoms with van der Waals surface area (Å²) in [7, 11) is 0. The first-order valence-electron chi connectivity index (χ1n) is 6.38. The van der Waals surface area contributed by atoms with Crippen molar-refractivity contribution in [2.24, 2.45) is 0 Å². The Hall–Kier alpha value is -2.09. The van der Waals surface area contributed by atoms with Gasteiger partial charge in [0.25, 0.3) is 0 Å². The second-order valence-corrected chi connectivity index (χ2v) is 4.59. The average Bonchev–Trinajstić information content (AvgIpc) is 2.87. The van der Waals surface area contributed by atoms with E-state index in [-0.39, 0.29) is 0 Å². The predicted molar refractivity (Wildman–Crippen MR) is 74.6 cm³/mol. The van der Waals surface area contributed by atoms with E-state index in [1.165, 1.54) is 17.5 Å². The molecule has 90 valence electrons. The Bertz CT molecular complexity index is 626. The van der Waals surface area contributed by atoms with Crippen molar-refractivity contribution < 1.29 is 0 Å². The first-order chi connectivity index (χ1) is 8.92. The molecule has 0 saturated carbocycles. The first kappa shape index (κ1) is 11.0. The van der Waals surface area contributed by atoms with Crippen LogP contribution >= 0.6 is 0 Å². The number of benzene rings is 2. The topological polar surface area (TPSA) is 28.7 Å². The maximum atomic E-state index is 4.23. The molecule has 1 N–H and O–H groups in total. The van der Waals surface area contributed by atoms with Gasteiger partial charge < -0.3 is 4.98 Å². The first-order valence-corrected chi connectivity index (χ1v) is 6.38. The van der Waals surface area contributed by atoms with Crippen LogP contribution in [0.25, 0.3) is 11.0 Å². The van der Waals surface area contributed by atoms with Crippen molar-refractivity contribution >= 4 is 11.0 Å². The van der Waals surface area contributed by atoms with Gasteiger partial charge >= 0.3 is 0 Å². The second kappa shape index (κ2) is 5.05. The van der Waals surface area contributed by atoms with Crippen LogP contribution < -0.4 is 0 Å². The van der Waals surface area contributed by atoms with E-state index in [4.69, 9.17) is 0 Å². The molecule has 3 aromatic rings. The fourth-order valence-corrected chi connectivity index (χ4v) is 2.28. The van der Waals surface area contributed by atoms with Crippen LogP contribution in [0.2, 0.25) is 0 Å². The number of imidazole rings is 1. The fraction of sp³-hybridized carbons (Fsp3) is 0.188. The van der Waals surface area contributed by atoms with Crippen molar-refractivity contribution in [1.29, 1.82) is 0 Å². The molecule has 0 aliphatic rings. The third-order valence-corrected chi connectivity index (χ3v) is 3.26. The van der Waals surface area contributed by atoms with Gasteiger partial charge in [-0.05, 0) is 42.5 Å². The SMILES string of the molecule is c1ccc(CCCc2ccc3nc[nH]c3c2)cc1. The molecule has 0 spiro atoms. The van der Waals surface area contributed by atoms with Crippen molar-refractivity contribution in [2.45, 2.75) is 19.3 Å². The van der Waals surface area contributed by atoms with Crippen LogP contribution in [0.4, 0.5) is 0 Å². The van der Waals surface area contributed by atoms with Crippen molar-refractivity contribution in [3.8, 4) is 0 Å². The molecule has 0 aliphatic heterocycles. The minimum absolute atomic E-state index is 1.04. The average molecular weight is 236 g/mol. The van der Waals surface area contributed by atoms with Crippen molar-refractivity contribution in [3.63, 3.8) is 0 Å². The summed E-state index contributed by atoms with van der Waals surface area (Å²) in [4.78, 5) is 7.39. The van der Waals surface area contributed by atoms with Gasteiger partial charge in [-0.15, -0.1) is 0 Å². The molecule has 0 aliphatic carbocycles. The molecule has 0 saturated heterocycles. The Balaban J connectivity index is 1.62. The van der Waals surface area contributed by atoms with Crippen molar-refractivity contribution in [3.05, 3.63) is 66.0 Å². The third-order valence-electron chi connectivity index (χ3n) is 3.26. The van der Waals surface area contributed by atoms with Crippen LogP contribution in [-0.2, 0) is 12.8 Å². The Morgan fingerprint density at radius 3 is 2.61 bits per heavy atom. The molecule has 1 heterocycles. The number of nitrogens with one attached hydrogen (secondary N) is 1. The molecule has 0 bridgehead atoms. The largest absolute Gasteiger partial charge is 0.345 e. The third kappa shape index (κ3) is 2.43. The van der Waals surface area contributed by atoms with E-state index in [9.17, 15) is 0 Å². The van der Waals surface area contributed by atoms with Gasteiger partial charge in [0, 0.05) is 0 Å². The number of aromatic nitrogens is 2. The molecule has 3 rings (SSSR count). The van der Waals surface area contributed by atoms with Crippen molar-refractivity contribution in [2.75, 3.05) is 0 Å². The lowest BCUT2D eigenvalue weighted by Gasteiger charge is -2.02. The van der Waals surface area contributed by atoms with Crippen LogP contribution in [-0.4, -0.2) is 9.97 Å². The monoisotopic (exact) mass is 236 g/mol. The highest BCUT2D eigenvalue weighted by atomic mass is 14.9. The van der Waals surface area contributed by atoms with Gasteiger partial charge in [-0.25, -0.2) is 4.98 Å². The summed E-state index contributed by atoms with van der Waals surface area (Å²) in [6.45, 7) is 0. The zero-order valence-electron chi connectivity index (χ0n) is 10.3. The summed E-state index contributed by atoms with van der Waals surface area (Å²) in [5.41, 5.74) is 4.97. The molecule has 2 nitrogen and oxygen atoms in total. The maximum Gasteiger partial charge on any atom is 0.0931 e. The summed E-state index contributed by atoms with van der Waals surface area (Å²) in [5, 5.41) is 0. The van der Waals surface area contributed by atoms with Gasteiger partial charge in [-0.3, -0.25) is 0 Å². The number of hydrogen-bond acceptors (Lipinski definition) is 1. The van der Waals surface area contributed by atoms with E-state index < -0.39 is 0 Å². The number of fused-ring (bicyclic) bond motifs is 1. The minimum Gasteiger partial charge on any atom is -0.345 e. The molecule has 18 heavy (non-hydrogen) atoms. The summed E-state index contributed by atoms with van der Waals surface area (Å²) >= 11 is 0. The highest BCUT2D eigenvalue weighted by Gasteiger charge is 1.99.